The molecular weight excluding hydrogens is 362 g/mol. The van der Waals surface area contributed by atoms with E-state index in [0.29, 0.717) is 16.4 Å². The van der Waals surface area contributed by atoms with Crippen molar-refractivity contribution in [2.45, 2.75) is 5.03 Å². The van der Waals surface area contributed by atoms with Crippen molar-refractivity contribution in [2.24, 2.45) is 0 Å². The molecule has 0 spiro atoms. The lowest BCUT2D eigenvalue weighted by atomic mass is 10.3. The van der Waals surface area contributed by atoms with Gasteiger partial charge in [0.2, 0.25) is 5.91 Å². The van der Waals surface area contributed by atoms with E-state index in [4.69, 9.17) is 17.3 Å². The third-order valence-corrected chi connectivity index (χ3v) is 4.07. The summed E-state index contributed by atoms with van der Waals surface area (Å²) in [4.78, 5) is 15.9. The summed E-state index contributed by atoms with van der Waals surface area (Å²) in [6.45, 7) is 0. The highest BCUT2D eigenvalue weighted by Crippen LogP contribution is 2.26. The van der Waals surface area contributed by atoms with Crippen LogP contribution in [-0.4, -0.2) is 16.6 Å². The molecule has 1 aromatic heterocycles. The molecule has 0 fully saturated rings. The Bertz CT molecular complexity index is 622. The van der Waals surface area contributed by atoms with Crippen LogP contribution in [0.5, 0.6) is 0 Å². The van der Waals surface area contributed by atoms with Gasteiger partial charge in [-0.2, -0.15) is 0 Å². The first-order chi connectivity index (χ1) is 9.54. The highest BCUT2D eigenvalue weighted by atomic mass is 79.9. The monoisotopic (exact) mass is 371 g/mol. The van der Waals surface area contributed by atoms with Gasteiger partial charge >= 0.3 is 0 Å². The average molecular weight is 373 g/mol. The number of thioether (sulfide) groups is 1. The number of carbonyl (C=O) groups is 1. The standard InChI is InChI=1S/C13H11BrClN3OS/c14-8-1-3-11(10(15)5-8)18-12(19)7-20-13-4-2-9(16)6-17-13/h1-6H,7,16H2,(H,18,19). The van der Waals surface area contributed by atoms with Crippen molar-refractivity contribution in [3.05, 3.63) is 46.0 Å². The Labute approximate surface area is 134 Å². The summed E-state index contributed by atoms with van der Waals surface area (Å²) < 4.78 is 0.862. The summed E-state index contributed by atoms with van der Waals surface area (Å²) in [6, 6.07) is 8.82. The van der Waals surface area contributed by atoms with Gasteiger partial charge in [-0.1, -0.05) is 39.3 Å². The van der Waals surface area contributed by atoms with Gasteiger partial charge in [0, 0.05) is 4.47 Å². The predicted molar refractivity (Wildman–Crippen MR) is 87.2 cm³/mol. The van der Waals surface area contributed by atoms with Crippen molar-refractivity contribution < 1.29 is 4.79 Å². The molecule has 2 rings (SSSR count). The Kier molecular flexibility index (Phi) is 5.28. The number of nitrogens with one attached hydrogen (secondary N) is 1. The smallest absolute Gasteiger partial charge is 0.234 e. The maximum atomic E-state index is 11.8. The number of anilines is 2. The number of nitrogens with zero attached hydrogens (tertiary/aromatic N) is 1. The van der Waals surface area contributed by atoms with Crippen LogP contribution in [0.25, 0.3) is 0 Å². The minimum absolute atomic E-state index is 0.141. The lowest BCUT2D eigenvalue weighted by molar-refractivity contribution is -0.113. The zero-order valence-corrected chi connectivity index (χ0v) is 13.4. The van der Waals surface area contributed by atoms with E-state index in [1.807, 2.05) is 6.07 Å². The van der Waals surface area contributed by atoms with Gasteiger partial charge in [-0.3, -0.25) is 4.79 Å². The molecule has 0 atom stereocenters. The zero-order valence-electron chi connectivity index (χ0n) is 10.3. The van der Waals surface area contributed by atoms with Crippen LogP contribution in [-0.2, 0) is 4.79 Å². The minimum atomic E-state index is -0.141. The number of benzene rings is 1. The summed E-state index contributed by atoms with van der Waals surface area (Å²) in [5.41, 5.74) is 6.73. The van der Waals surface area contributed by atoms with E-state index in [1.54, 1.807) is 30.5 Å². The number of rotatable bonds is 4. The number of nitrogens with two attached hydrogens (primary N) is 1. The Hall–Kier alpha value is -1.24. The largest absolute Gasteiger partial charge is 0.397 e. The third kappa shape index (κ3) is 4.40. The number of nitrogen functional groups attached to an aromatic ring is 1. The van der Waals surface area contributed by atoms with Crippen molar-refractivity contribution in [1.29, 1.82) is 0 Å². The summed E-state index contributed by atoms with van der Waals surface area (Å²) >= 11 is 10.7. The Morgan fingerprint density at radius 1 is 1.40 bits per heavy atom. The van der Waals surface area contributed by atoms with E-state index >= 15 is 0 Å². The van der Waals surface area contributed by atoms with Crippen molar-refractivity contribution in [3.63, 3.8) is 0 Å². The number of carbonyl (C=O) groups excluding carboxylic acids is 1. The number of hydrogen-bond donors (Lipinski definition) is 2. The normalized spacial score (nSPS) is 10.3. The molecule has 0 saturated heterocycles. The number of pyridine rings is 1. The van der Waals surface area contributed by atoms with Crippen LogP contribution in [0.4, 0.5) is 11.4 Å². The maximum absolute atomic E-state index is 11.8. The van der Waals surface area contributed by atoms with Crippen molar-refractivity contribution >= 4 is 56.6 Å². The molecule has 1 amide bonds. The molecule has 1 aromatic carbocycles. The average Bonchev–Trinajstić information content (AvgIpc) is 2.41. The number of hydrogen-bond acceptors (Lipinski definition) is 4. The Balaban J connectivity index is 1.90. The van der Waals surface area contributed by atoms with Crippen LogP contribution in [0.3, 0.4) is 0 Å². The van der Waals surface area contributed by atoms with Gasteiger partial charge in [-0.05, 0) is 30.3 Å². The van der Waals surface area contributed by atoms with Crippen LogP contribution < -0.4 is 11.1 Å². The van der Waals surface area contributed by atoms with E-state index in [0.717, 1.165) is 9.50 Å². The molecule has 4 nitrogen and oxygen atoms in total. The van der Waals surface area contributed by atoms with Crippen LogP contribution in [0.1, 0.15) is 0 Å². The SMILES string of the molecule is Nc1ccc(SCC(=O)Nc2ccc(Br)cc2Cl)nc1. The summed E-state index contributed by atoms with van der Waals surface area (Å²) in [5.74, 6) is 0.112. The second-order valence-corrected chi connectivity index (χ2v) is 6.21. The molecule has 2 aromatic rings. The zero-order chi connectivity index (χ0) is 14.5. The lowest BCUT2D eigenvalue weighted by Crippen LogP contribution is -2.14. The summed E-state index contributed by atoms with van der Waals surface area (Å²) in [6.07, 6.45) is 1.56. The van der Waals surface area contributed by atoms with E-state index < -0.39 is 0 Å². The lowest BCUT2D eigenvalue weighted by Gasteiger charge is -2.07. The van der Waals surface area contributed by atoms with E-state index in [1.165, 1.54) is 11.8 Å². The highest BCUT2D eigenvalue weighted by Gasteiger charge is 2.07. The number of amides is 1. The molecule has 0 radical (unpaired) electrons. The summed E-state index contributed by atoms with van der Waals surface area (Å²) in [7, 11) is 0. The van der Waals surface area contributed by atoms with Crippen LogP contribution >= 0.6 is 39.3 Å². The molecule has 0 saturated carbocycles. The van der Waals surface area contributed by atoms with Gasteiger partial charge < -0.3 is 11.1 Å². The second kappa shape index (κ2) is 6.97. The Morgan fingerprint density at radius 2 is 2.20 bits per heavy atom. The Morgan fingerprint density at radius 3 is 2.85 bits per heavy atom. The van der Waals surface area contributed by atoms with Gasteiger partial charge in [-0.15, -0.1) is 0 Å². The van der Waals surface area contributed by atoms with E-state index in [2.05, 4.69) is 26.2 Å². The van der Waals surface area contributed by atoms with Gasteiger partial charge in [0.25, 0.3) is 0 Å². The van der Waals surface area contributed by atoms with Gasteiger partial charge in [0.1, 0.15) is 0 Å². The van der Waals surface area contributed by atoms with Crippen LogP contribution in [0.15, 0.2) is 46.0 Å². The van der Waals surface area contributed by atoms with Crippen molar-refractivity contribution in [1.82, 2.24) is 4.98 Å². The fraction of sp³-hybridized carbons (Fsp3) is 0.0769. The minimum Gasteiger partial charge on any atom is -0.397 e. The second-order valence-electron chi connectivity index (χ2n) is 3.89. The van der Waals surface area contributed by atoms with Crippen LogP contribution in [0, 0.1) is 0 Å². The first-order valence-corrected chi connectivity index (χ1v) is 7.79. The first-order valence-electron chi connectivity index (χ1n) is 5.64. The number of halogens is 2. The molecule has 0 bridgehead atoms. The van der Waals surface area contributed by atoms with Crippen LogP contribution in [0.2, 0.25) is 5.02 Å². The van der Waals surface area contributed by atoms with Gasteiger partial charge in [0.05, 0.1) is 33.4 Å². The molecule has 20 heavy (non-hydrogen) atoms. The van der Waals surface area contributed by atoms with Gasteiger partial charge in [0.15, 0.2) is 0 Å². The molecule has 0 aliphatic rings. The molecular formula is C13H11BrClN3OS. The van der Waals surface area contributed by atoms with E-state index in [-0.39, 0.29) is 11.7 Å². The molecule has 0 unspecified atom stereocenters. The molecule has 104 valence electrons. The molecule has 7 heteroatoms. The van der Waals surface area contributed by atoms with Crippen molar-refractivity contribution in [3.8, 4) is 0 Å². The maximum Gasteiger partial charge on any atom is 0.234 e. The van der Waals surface area contributed by atoms with Crippen molar-refractivity contribution in [2.75, 3.05) is 16.8 Å². The number of aromatic nitrogens is 1. The fourth-order valence-electron chi connectivity index (χ4n) is 1.39. The molecule has 0 aliphatic carbocycles. The molecule has 3 N–H and O–H groups in total. The fourth-order valence-corrected chi connectivity index (χ4v) is 2.76. The quantitative estimate of drug-likeness (QED) is 0.801. The topological polar surface area (TPSA) is 68.0 Å². The first kappa shape index (κ1) is 15.2. The summed E-state index contributed by atoms with van der Waals surface area (Å²) in [5, 5.41) is 3.99. The third-order valence-electron chi connectivity index (χ3n) is 2.32. The van der Waals surface area contributed by atoms with Gasteiger partial charge in [-0.25, -0.2) is 4.98 Å². The predicted octanol–water partition coefficient (Wildman–Crippen LogP) is 3.81. The molecule has 1 heterocycles. The highest BCUT2D eigenvalue weighted by molar-refractivity contribution is 9.10. The van der Waals surface area contributed by atoms with E-state index in [9.17, 15) is 4.79 Å². The molecule has 0 aliphatic heterocycles.